The van der Waals surface area contributed by atoms with Crippen LogP contribution in [-0.4, -0.2) is 11.9 Å². The molecule has 0 atom stereocenters. The smallest absolute Gasteiger partial charge is 0.0636 e. The van der Waals surface area contributed by atoms with Crippen LogP contribution >= 0.6 is 0 Å². The van der Waals surface area contributed by atoms with Crippen molar-refractivity contribution >= 4 is 23.3 Å². The van der Waals surface area contributed by atoms with Crippen LogP contribution in [-0.2, 0) is 35.8 Å². The molecule has 0 aliphatic heterocycles. The first-order chi connectivity index (χ1) is 17.2. The molecule has 2 aromatic rings. The summed E-state index contributed by atoms with van der Waals surface area (Å²) in [7, 11) is 0. The minimum absolute atomic E-state index is 0. The number of hydrogen-bond donors (Lipinski definition) is 0. The number of hydrogen-bond acceptors (Lipinski definition) is 2. The van der Waals surface area contributed by atoms with Gasteiger partial charge in [0.2, 0.25) is 0 Å². The first-order valence-electron chi connectivity index (χ1n) is 14.5. The van der Waals surface area contributed by atoms with Crippen LogP contribution in [0.25, 0.3) is 0 Å². The first-order valence-corrected chi connectivity index (χ1v) is 14.5. The van der Waals surface area contributed by atoms with Gasteiger partial charge in [0, 0.05) is 22.7 Å². The van der Waals surface area contributed by atoms with Gasteiger partial charge in [0.05, 0.1) is 17.1 Å². The molecule has 202 valence electrons. The van der Waals surface area contributed by atoms with E-state index < -0.39 is 0 Å². The predicted molar refractivity (Wildman–Crippen MR) is 157 cm³/mol. The molecule has 3 heteroatoms. The molecule has 0 aromatic heterocycles. The fourth-order valence-corrected chi connectivity index (χ4v) is 4.40. The fourth-order valence-electron chi connectivity index (χ4n) is 4.40. The van der Waals surface area contributed by atoms with Gasteiger partial charge in [-0.2, -0.15) is 0 Å². The van der Waals surface area contributed by atoms with Gasteiger partial charge in [0.25, 0.3) is 0 Å². The standard InChI is InChI=1S/C33H50N2.Ni/c1-5-9-13-14-15-16-28-20-23-31(24-21-28)34-27-33(19-12-8-4)35-32-25-22-29(17-10-6-2)30(26-32)18-11-7-3;/h20-27H,5-19H2,1-4H3;. The molecule has 2 nitrogen and oxygen atoms in total. The van der Waals surface area contributed by atoms with Crippen molar-refractivity contribution in [3.63, 3.8) is 0 Å². The van der Waals surface area contributed by atoms with Crippen LogP contribution in [0.4, 0.5) is 11.4 Å². The van der Waals surface area contributed by atoms with Gasteiger partial charge in [-0.3, -0.25) is 9.98 Å². The molecule has 0 spiro atoms. The van der Waals surface area contributed by atoms with Gasteiger partial charge in [0.15, 0.2) is 0 Å². The van der Waals surface area contributed by atoms with E-state index in [1.165, 1.54) is 87.3 Å². The molecular formula is C33H50N2Ni. The van der Waals surface area contributed by atoms with E-state index in [0.29, 0.717) is 0 Å². The Morgan fingerprint density at radius 1 is 0.611 bits per heavy atom. The van der Waals surface area contributed by atoms with E-state index >= 15 is 0 Å². The molecule has 0 fully saturated rings. The Balaban J connectivity index is 0.00000648. The second-order valence-electron chi connectivity index (χ2n) is 9.96. The third-order valence-electron chi connectivity index (χ3n) is 6.72. The molecule has 36 heavy (non-hydrogen) atoms. The van der Waals surface area contributed by atoms with Crippen molar-refractivity contribution in [1.29, 1.82) is 0 Å². The monoisotopic (exact) mass is 532 g/mol. The molecule has 0 saturated carbocycles. The van der Waals surface area contributed by atoms with E-state index in [4.69, 9.17) is 9.98 Å². The van der Waals surface area contributed by atoms with E-state index in [9.17, 15) is 0 Å². The van der Waals surface area contributed by atoms with Crippen molar-refractivity contribution in [1.82, 2.24) is 0 Å². The van der Waals surface area contributed by atoms with Gasteiger partial charge < -0.3 is 0 Å². The number of aryl methyl sites for hydroxylation is 3. The second-order valence-corrected chi connectivity index (χ2v) is 9.96. The van der Waals surface area contributed by atoms with Gasteiger partial charge in [-0.1, -0.05) is 90.8 Å². The zero-order valence-corrected chi connectivity index (χ0v) is 24.4. The average molecular weight is 533 g/mol. The molecule has 0 saturated heterocycles. The average Bonchev–Trinajstić information content (AvgIpc) is 2.89. The quantitative estimate of drug-likeness (QED) is 0.103. The van der Waals surface area contributed by atoms with Crippen LogP contribution in [0.15, 0.2) is 52.4 Å². The maximum absolute atomic E-state index is 5.05. The Morgan fingerprint density at radius 3 is 1.89 bits per heavy atom. The zero-order chi connectivity index (χ0) is 25.1. The van der Waals surface area contributed by atoms with Crippen molar-refractivity contribution in [2.24, 2.45) is 9.98 Å². The molecule has 2 rings (SSSR count). The first kappa shape index (κ1) is 32.3. The Morgan fingerprint density at radius 2 is 1.22 bits per heavy atom. The minimum atomic E-state index is 0. The molecule has 0 N–H and O–H groups in total. The largest absolute Gasteiger partial charge is 0.255 e. The van der Waals surface area contributed by atoms with E-state index in [0.717, 1.165) is 42.8 Å². The summed E-state index contributed by atoms with van der Waals surface area (Å²) in [5, 5.41) is 0. The summed E-state index contributed by atoms with van der Waals surface area (Å²) in [6, 6.07) is 15.6. The van der Waals surface area contributed by atoms with Crippen LogP contribution in [0.1, 0.15) is 121 Å². The number of benzene rings is 2. The molecule has 0 aliphatic rings. The third-order valence-corrected chi connectivity index (χ3v) is 6.72. The van der Waals surface area contributed by atoms with E-state index in [1.807, 2.05) is 6.21 Å². The van der Waals surface area contributed by atoms with Crippen LogP contribution < -0.4 is 0 Å². The number of rotatable bonds is 18. The van der Waals surface area contributed by atoms with Gasteiger partial charge in [-0.25, -0.2) is 0 Å². The summed E-state index contributed by atoms with van der Waals surface area (Å²) < 4.78 is 0. The Hall–Kier alpha value is -1.73. The Bertz CT molecular complexity index is 883. The third kappa shape index (κ3) is 13.0. The van der Waals surface area contributed by atoms with Crippen LogP contribution in [0.2, 0.25) is 0 Å². The molecule has 0 bridgehead atoms. The van der Waals surface area contributed by atoms with Crippen molar-refractivity contribution in [3.8, 4) is 0 Å². The zero-order valence-electron chi connectivity index (χ0n) is 23.4. The van der Waals surface area contributed by atoms with Crippen LogP contribution in [0, 0.1) is 0 Å². The van der Waals surface area contributed by atoms with Crippen LogP contribution in [0.3, 0.4) is 0 Å². The normalized spacial score (nSPS) is 11.7. The maximum atomic E-state index is 5.05. The van der Waals surface area contributed by atoms with Crippen LogP contribution in [0.5, 0.6) is 0 Å². The number of nitrogens with zero attached hydrogens (tertiary/aromatic N) is 2. The van der Waals surface area contributed by atoms with Gasteiger partial charge >= 0.3 is 0 Å². The molecule has 2 aromatic carbocycles. The summed E-state index contributed by atoms with van der Waals surface area (Å²) >= 11 is 0. The minimum Gasteiger partial charge on any atom is -0.255 e. The Labute approximate surface area is 232 Å². The predicted octanol–water partition coefficient (Wildman–Crippen LogP) is 10.5. The summed E-state index contributed by atoms with van der Waals surface area (Å²) in [5.74, 6) is 0. The number of unbranched alkanes of at least 4 members (excludes halogenated alkanes) is 7. The topological polar surface area (TPSA) is 24.7 Å². The van der Waals surface area contributed by atoms with Crippen molar-refractivity contribution in [3.05, 3.63) is 59.2 Å². The molecule has 0 heterocycles. The summed E-state index contributed by atoms with van der Waals surface area (Å²) in [6.45, 7) is 9.05. The maximum Gasteiger partial charge on any atom is 0.0636 e. The SMILES string of the molecule is CCCCCCCc1ccc(N=CC(CCCC)=Nc2ccc(CCCC)c(CCCC)c2)cc1.[Ni]. The summed E-state index contributed by atoms with van der Waals surface area (Å²) in [4.78, 5) is 9.84. The summed E-state index contributed by atoms with van der Waals surface area (Å²) in [6.07, 6.45) is 20.4. The Kier molecular flexibility index (Phi) is 18.3. The molecular weight excluding hydrogens is 483 g/mol. The molecule has 0 aliphatic carbocycles. The van der Waals surface area contributed by atoms with Gasteiger partial charge in [-0.05, 0) is 92.3 Å². The molecule has 0 unspecified atom stereocenters. The van der Waals surface area contributed by atoms with E-state index in [2.05, 4.69) is 70.2 Å². The van der Waals surface area contributed by atoms with Crippen molar-refractivity contribution in [2.75, 3.05) is 0 Å². The number of aliphatic imine (C=N–C) groups is 2. The van der Waals surface area contributed by atoms with Gasteiger partial charge in [0.1, 0.15) is 0 Å². The summed E-state index contributed by atoms with van der Waals surface area (Å²) in [5.41, 5.74) is 7.58. The van der Waals surface area contributed by atoms with Gasteiger partial charge in [-0.15, -0.1) is 0 Å². The van der Waals surface area contributed by atoms with Crippen molar-refractivity contribution < 1.29 is 16.5 Å². The second kappa shape index (κ2) is 20.3. The van der Waals surface area contributed by atoms with E-state index in [-0.39, 0.29) is 16.5 Å². The molecule has 0 amide bonds. The van der Waals surface area contributed by atoms with E-state index in [1.54, 1.807) is 0 Å². The van der Waals surface area contributed by atoms with Crippen molar-refractivity contribution in [2.45, 2.75) is 124 Å². The molecule has 0 radical (unpaired) electrons. The fraction of sp³-hybridized carbons (Fsp3) is 0.576.